The molecular weight excluding hydrogens is 396 g/mol. The molecule has 0 fully saturated rings. The second-order valence-electron chi connectivity index (χ2n) is 6.11. The van der Waals surface area contributed by atoms with Gasteiger partial charge >= 0.3 is 0 Å². The number of amidine groups is 1. The second-order valence-corrected chi connectivity index (χ2v) is 8.87. The molecule has 0 spiro atoms. The number of anilines is 1. The first-order chi connectivity index (χ1) is 13.5. The van der Waals surface area contributed by atoms with Crippen molar-refractivity contribution < 1.29 is 13.2 Å². The van der Waals surface area contributed by atoms with Crippen LogP contribution in [0.25, 0.3) is 0 Å². The zero-order valence-corrected chi connectivity index (χ0v) is 16.3. The largest absolute Gasteiger partial charge is 0.300 e. The Morgan fingerprint density at radius 2 is 1.86 bits per heavy atom. The van der Waals surface area contributed by atoms with Crippen LogP contribution in [0, 0.1) is 0 Å². The molecule has 3 aromatic rings. The molecule has 0 atom stereocenters. The molecule has 7 nitrogen and oxygen atoms in total. The Hall–Kier alpha value is -3.04. The Morgan fingerprint density at radius 3 is 2.68 bits per heavy atom. The smallest absolute Gasteiger partial charge is 0.263 e. The maximum Gasteiger partial charge on any atom is 0.263 e. The summed E-state index contributed by atoms with van der Waals surface area (Å²) >= 11 is 1.40. The Balaban J connectivity index is 1.40. The molecular formula is C19H16N4O3S2. The molecule has 2 heterocycles. The van der Waals surface area contributed by atoms with Gasteiger partial charge in [-0.1, -0.05) is 42.5 Å². The Morgan fingerprint density at radius 1 is 1.11 bits per heavy atom. The van der Waals surface area contributed by atoms with Crippen molar-refractivity contribution in [2.24, 2.45) is 4.99 Å². The van der Waals surface area contributed by atoms with Crippen LogP contribution in [0.1, 0.15) is 16.0 Å². The van der Waals surface area contributed by atoms with E-state index < -0.39 is 10.0 Å². The number of benzene rings is 2. The molecule has 2 aromatic carbocycles. The maximum absolute atomic E-state index is 12.2. The highest BCUT2D eigenvalue weighted by Gasteiger charge is 2.30. The first kappa shape index (κ1) is 18.3. The fourth-order valence-electron chi connectivity index (χ4n) is 2.81. The molecule has 0 radical (unpaired) electrons. The van der Waals surface area contributed by atoms with Crippen molar-refractivity contribution in [3.63, 3.8) is 0 Å². The number of aromatic nitrogens is 1. The summed E-state index contributed by atoms with van der Waals surface area (Å²) in [5.74, 6) is -0.189. The van der Waals surface area contributed by atoms with Gasteiger partial charge in [-0.3, -0.25) is 14.5 Å². The molecule has 1 aliphatic heterocycles. The fraction of sp³-hybridized carbons (Fsp3) is 0.105. The van der Waals surface area contributed by atoms with Crippen LogP contribution >= 0.6 is 11.3 Å². The zero-order valence-electron chi connectivity index (χ0n) is 14.6. The predicted molar refractivity (Wildman–Crippen MR) is 108 cm³/mol. The lowest BCUT2D eigenvalue weighted by atomic mass is 10.1. The minimum atomic E-state index is -3.61. The molecule has 0 unspecified atom stereocenters. The third-order valence-electron chi connectivity index (χ3n) is 4.06. The summed E-state index contributed by atoms with van der Waals surface area (Å²) in [5, 5.41) is 3.19. The van der Waals surface area contributed by atoms with Gasteiger partial charge in [-0.15, -0.1) is 11.3 Å². The quantitative estimate of drug-likeness (QED) is 0.672. The second kappa shape index (κ2) is 7.53. The molecule has 9 heteroatoms. The van der Waals surface area contributed by atoms with Crippen molar-refractivity contribution in [2.45, 2.75) is 11.3 Å². The number of nitrogens with one attached hydrogen (secondary N) is 2. The summed E-state index contributed by atoms with van der Waals surface area (Å²) in [7, 11) is -3.61. The van der Waals surface area contributed by atoms with Crippen LogP contribution in [0.4, 0.5) is 5.13 Å². The number of hydrogen-bond donors (Lipinski definition) is 2. The first-order valence-corrected chi connectivity index (χ1v) is 10.8. The predicted octanol–water partition coefficient (Wildman–Crippen LogP) is 2.41. The van der Waals surface area contributed by atoms with Crippen molar-refractivity contribution in [3.05, 3.63) is 76.8 Å². The van der Waals surface area contributed by atoms with E-state index >= 15 is 0 Å². The molecule has 0 saturated carbocycles. The summed E-state index contributed by atoms with van der Waals surface area (Å²) in [4.78, 5) is 21.7. The third kappa shape index (κ3) is 3.95. The highest BCUT2D eigenvalue weighted by atomic mass is 32.2. The van der Waals surface area contributed by atoms with E-state index in [1.807, 2.05) is 30.3 Å². The van der Waals surface area contributed by atoms with Crippen LogP contribution in [0.2, 0.25) is 0 Å². The Labute approximate surface area is 166 Å². The van der Waals surface area contributed by atoms with Gasteiger partial charge in [0.25, 0.3) is 10.0 Å². The van der Waals surface area contributed by atoms with Gasteiger partial charge in [-0.25, -0.2) is 13.4 Å². The highest BCUT2D eigenvalue weighted by Crippen LogP contribution is 2.23. The van der Waals surface area contributed by atoms with Crippen molar-refractivity contribution >= 4 is 38.2 Å². The van der Waals surface area contributed by atoms with Gasteiger partial charge in [0, 0.05) is 23.1 Å². The van der Waals surface area contributed by atoms with Gasteiger partial charge in [0.05, 0.1) is 4.90 Å². The molecule has 28 heavy (non-hydrogen) atoms. The van der Waals surface area contributed by atoms with E-state index in [1.165, 1.54) is 23.0 Å². The van der Waals surface area contributed by atoms with Gasteiger partial charge in [0.15, 0.2) is 5.13 Å². The van der Waals surface area contributed by atoms with Crippen LogP contribution in [0.5, 0.6) is 0 Å². The third-order valence-corrected chi connectivity index (χ3v) is 6.37. The van der Waals surface area contributed by atoms with Gasteiger partial charge in [0.2, 0.25) is 5.91 Å². The highest BCUT2D eigenvalue weighted by molar-refractivity contribution is 7.90. The minimum Gasteiger partial charge on any atom is -0.300 e. The van der Waals surface area contributed by atoms with E-state index in [0.29, 0.717) is 10.7 Å². The fourth-order valence-corrected chi connectivity index (χ4v) is 4.92. The molecule has 0 aliphatic carbocycles. The number of rotatable bonds is 5. The van der Waals surface area contributed by atoms with E-state index in [9.17, 15) is 13.2 Å². The number of amides is 1. The van der Waals surface area contributed by atoms with Crippen molar-refractivity contribution in [1.82, 2.24) is 9.71 Å². The molecule has 4 rings (SSSR count). The number of aliphatic imine (C=N–C) groups is 1. The van der Waals surface area contributed by atoms with Crippen LogP contribution in [0.15, 0.2) is 70.7 Å². The number of thiazole rings is 1. The normalized spacial score (nSPS) is 15.8. The van der Waals surface area contributed by atoms with Crippen LogP contribution in [-0.4, -0.2) is 31.7 Å². The number of hydrogen-bond acceptors (Lipinski definition) is 6. The zero-order chi connectivity index (χ0) is 19.6. The molecule has 0 bridgehead atoms. The van der Waals surface area contributed by atoms with Crippen LogP contribution in [0.3, 0.4) is 0 Å². The molecule has 142 valence electrons. The number of fused-ring (bicyclic) bond motifs is 1. The summed E-state index contributed by atoms with van der Waals surface area (Å²) < 4.78 is 26.5. The SMILES string of the molecule is O=C(CN=C1NS(=O)(=O)c2ccccc21)Nc1ncc(Cc2ccccc2)s1. The molecule has 1 amide bonds. The molecule has 1 aliphatic rings. The maximum atomic E-state index is 12.2. The summed E-state index contributed by atoms with van der Waals surface area (Å²) in [6.45, 7) is -0.209. The molecule has 1 aromatic heterocycles. The van der Waals surface area contributed by atoms with E-state index in [1.54, 1.807) is 24.4 Å². The summed E-state index contributed by atoms with van der Waals surface area (Å²) in [6.07, 6.45) is 2.48. The number of nitrogens with zero attached hydrogens (tertiary/aromatic N) is 2. The van der Waals surface area contributed by atoms with E-state index in [0.717, 1.165) is 11.3 Å². The lowest BCUT2D eigenvalue weighted by Gasteiger charge is -2.00. The van der Waals surface area contributed by atoms with Crippen molar-refractivity contribution in [2.75, 3.05) is 11.9 Å². The number of sulfonamides is 1. The Kier molecular flexibility index (Phi) is 4.93. The van der Waals surface area contributed by atoms with E-state index in [-0.39, 0.29) is 23.2 Å². The monoisotopic (exact) mass is 412 g/mol. The van der Waals surface area contributed by atoms with Crippen molar-refractivity contribution in [1.29, 1.82) is 0 Å². The first-order valence-electron chi connectivity index (χ1n) is 8.46. The average Bonchev–Trinajstić information content (AvgIpc) is 3.23. The van der Waals surface area contributed by atoms with E-state index in [2.05, 4.69) is 20.0 Å². The number of carbonyl (C=O) groups is 1. The average molecular weight is 412 g/mol. The van der Waals surface area contributed by atoms with E-state index in [4.69, 9.17) is 0 Å². The standard InChI is InChI=1S/C19H16N4O3S2/c24-17(12-20-18-15-8-4-5-9-16(15)28(25,26)23-18)22-19-21-11-14(27-19)10-13-6-2-1-3-7-13/h1-9,11H,10,12H2,(H,20,23)(H,21,22,24). The van der Waals surface area contributed by atoms with Crippen molar-refractivity contribution in [3.8, 4) is 0 Å². The van der Waals surface area contributed by atoms with Gasteiger partial charge in [0.1, 0.15) is 12.4 Å². The lowest BCUT2D eigenvalue weighted by molar-refractivity contribution is -0.114. The van der Waals surface area contributed by atoms with Gasteiger partial charge in [-0.05, 0) is 17.7 Å². The Bertz CT molecular complexity index is 1150. The molecule has 2 N–H and O–H groups in total. The summed E-state index contributed by atoms with van der Waals surface area (Å²) in [6, 6.07) is 16.5. The van der Waals surface area contributed by atoms with Crippen LogP contribution < -0.4 is 10.0 Å². The van der Waals surface area contributed by atoms with Crippen LogP contribution in [-0.2, 0) is 21.2 Å². The van der Waals surface area contributed by atoms with Gasteiger partial charge in [-0.2, -0.15) is 0 Å². The summed E-state index contributed by atoms with van der Waals surface area (Å²) in [5.41, 5.74) is 1.64. The molecule has 0 saturated heterocycles. The minimum absolute atomic E-state index is 0.166. The van der Waals surface area contributed by atoms with Gasteiger partial charge < -0.3 is 5.32 Å². The number of carbonyl (C=O) groups excluding carboxylic acids is 1. The lowest BCUT2D eigenvalue weighted by Crippen LogP contribution is -2.24. The topological polar surface area (TPSA) is 101 Å².